The summed E-state index contributed by atoms with van der Waals surface area (Å²) < 4.78 is 0. The van der Waals surface area contributed by atoms with E-state index < -0.39 is 0 Å². The molecule has 1 amide bonds. The number of carbonyl (C=O) groups excluding carboxylic acids is 1. The van der Waals surface area contributed by atoms with Gasteiger partial charge in [-0.1, -0.05) is 48.0 Å². The van der Waals surface area contributed by atoms with Gasteiger partial charge in [-0.05, 0) is 68.7 Å². The van der Waals surface area contributed by atoms with E-state index in [1.54, 1.807) is 6.20 Å². The molecule has 2 heterocycles. The molecule has 40 heavy (non-hydrogen) atoms. The number of carbonyl (C=O) groups is 1. The molecule has 0 fully saturated rings. The lowest BCUT2D eigenvalue weighted by Gasteiger charge is -2.11. The summed E-state index contributed by atoms with van der Waals surface area (Å²) in [5, 5.41) is 11.3. The molecule has 0 aliphatic rings. The number of rotatable bonds is 10. The number of halogens is 1. The molecule has 0 radical (unpaired) electrons. The van der Waals surface area contributed by atoms with Gasteiger partial charge in [0, 0.05) is 70.1 Å². The molecule has 0 unspecified atom stereocenters. The van der Waals surface area contributed by atoms with E-state index in [1.165, 1.54) is 0 Å². The van der Waals surface area contributed by atoms with Crippen LogP contribution in [0, 0.1) is 0 Å². The summed E-state index contributed by atoms with van der Waals surface area (Å²) in [5.41, 5.74) is 5.93. The highest BCUT2D eigenvalue weighted by Crippen LogP contribution is 2.35. The van der Waals surface area contributed by atoms with Crippen molar-refractivity contribution in [1.82, 2.24) is 14.9 Å². The van der Waals surface area contributed by atoms with Crippen molar-refractivity contribution in [3.05, 3.63) is 114 Å². The second-order valence-electron chi connectivity index (χ2n) is 9.65. The van der Waals surface area contributed by atoms with Crippen molar-refractivity contribution in [2.24, 2.45) is 0 Å². The summed E-state index contributed by atoms with van der Waals surface area (Å²) in [5.74, 6) is 0.466. The van der Waals surface area contributed by atoms with Crippen LogP contribution < -0.4 is 16.0 Å². The van der Waals surface area contributed by atoms with Crippen molar-refractivity contribution in [2.45, 2.75) is 0 Å². The summed E-state index contributed by atoms with van der Waals surface area (Å²) in [6, 6.07) is 25.0. The summed E-state index contributed by atoms with van der Waals surface area (Å²) in [6.45, 7) is 1.63. The maximum absolute atomic E-state index is 12.9. The van der Waals surface area contributed by atoms with Gasteiger partial charge in [-0.3, -0.25) is 4.79 Å². The smallest absolute Gasteiger partial charge is 0.255 e. The number of nitrogens with zero attached hydrogens (tertiary/aromatic N) is 2. The fourth-order valence-electron chi connectivity index (χ4n) is 4.32. The Hall–Kier alpha value is -4.59. The first-order valence-corrected chi connectivity index (χ1v) is 13.4. The second kappa shape index (κ2) is 12.5. The predicted octanol–water partition coefficient (Wildman–Crippen LogP) is 7.41. The van der Waals surface area contributed by atoms with Crippen LogP contribution in [-0.4, -0.2) is 48.0 Å². The van der Waals surface area contributed by atoms with Gasteiger partial charge >= 0.3 is 0 Å². The Balaban J connectivity index is 1.23. The Bertz CT molecular complexity index is 1640. The normalized spacial score (nSPS) is 11.3. The summed E-state index contributed by atoms with van der Waals surface area (Å²) >= 11 is 6.53. The van der Waals surface area contributed by atoms with Gasteiger partial charge in [0.15, 0.2) is 0 Å². The maximum atomic E-state index is 12.9. The molecule has 7 nitrogen and oxygen atoms in total. The first-order chi connectivity index (χ1) is 19.5. The fourth-order valence-corrected chi connectivity index (χ4v) is 4.52. The van der Waals surface area contributed by atoms with Crippen LogP contribution in [0.1, 0.15) is 10.4 Å². The number of aromatic nitrogens is 2. The van der Waals surface area contributed by atoms with E-state index in [-0.39, 0.29) is 5.91 Å². The number of likely N-dealkylation sites (N-methyl/N-ethyl adjacent to an activating group) is 1. The first-order valence-electron chi connectivity index (χ1n) is 13.0. The van der Waals surface area contributed by atoms with Crippen LogP contribution >= 0.6 is 11.6 Å². The number of aromatic amines is 1. The third-order valence-corrected chi connectivity index (χ3v) is 6.64. The van der Waals surface area contributed by atoms with Crippen molar-refractivity contribution >= 4 is 51.3 Å². The third kappa shape index (κ3) is 6.69. The Kier molecular flexibility index (Phi) is 8.44. The van der Waals surface area contributed by atoms with E-state index in [2.05, 4.69) is 49.0 Å². The van der Waals surface area contributed by atoms with E-state index in [4.69, 9.17) is 11.6 Å². The maximum Gasteiger partial charge on any atom is 0.255 e. The summed E-state index contributed by atoms with van der Waals surface area (Å²) in [6.07, 6.45) is 7.80. The van der Waals surface area contributed by atoms with Crippen LogP contribution in [-0.2, 0) is 0 Å². The Morgan fingerprint density at radius 2 is 1.73 bits per heavy atom. The molecule has 5 rings (SSSR count). The molecule has 0 bridgehead atoms. The molecule has 0 spiro atoms. The minimum Gasteiger partial charge on any atom is -0.382 e. The minimum absolute atomic E-state index is 0.180. The zero-order chi connectivity index (χ0) is 27.9. The lowest BCUT2D eigenvalue weighted by molar-refractivity contribution is 0.102. The zero-order valence-corrected chi connectivity index (χ0v) is 23.2. The average molecular weight is 551 g/mol. The number of fused-ring (bicyclic) bond motifs is 1. The molecular weight excluding hydrogens is 520 g/mol. The number of hydrogen-bond acceptors (Lipinski definition) is 5. The molecule has 0 aliphatic carbocycles. The van der Waals surface area contributed by atoms with Crippen molar-refractivity contribution < 1.29 is 4.79 Å². The molecule has 8 heteroatoms. The van der Waals surface area contributed by atoms with E-state index in [1.807, 2.05) is 93.1 Å². The highest BCUT2D eigenvalue weighted by molar-refractivity contribution is 6.33. The topological polar surface area (TPSA) is 85.1 Å². The van der Waals surface area contributed by atoms with Gasteiger partial charge < -0.3 is 25.8 Å². The van der Waals surface area contributed by atoms with Crippen LogP contribution in [0.5, 0.6) is 0 Å². The first kappa shape index (κ1) is 27.0. The van der Waals surface area contributed by atoms with Gasteiger partial charge in [-0.25, -0.2) is 4.98 Å². The summed E-state index contributed by atoms with van der Waals surface area (Å²) in [7, 11) is 4.07. The van der Waals surface area contributed by atoms with Crippen molar-refractivity contribution in [2.75, 3.05) is 43.1 Å². The van der Waals surface area contributed by atoms with Crippen LogP contribution in [0.25, 0.3) is 22.0 Å². The SMILES string of the molecule is CN(C)C/C=C/CNc1ccc(C(=O)Nc2cccc(Nc3cc(-c4c[nH]c5ccccc45)c(Cl)cn3)c2)cc1. The predicted molar refractivity (Wildman–Crippen MR) is 167 cm³/mol. The molecule has 0 atom stereocenters. The number of amides is 1. The second-order valence-corrected chi connectivity index (χ2v) is 10.1. The molecule has 202 valence electrons. The molecule has 0 saturated heterocycles. The fraction of sp³-hybridized carbons (Fsp3) is 0.125. The molecular formula is C32H31ClN6O. The van der Waals surface area contributed by atoms with E-state index in [9.17, 15) is 4.79 Å². The van der Waals surface area contributed by atoms with Crippen LogP contribution in [0.3, 0.4) is 0 Å². The number of anilines is 4. The Labute approximate surface area is 238 Å². The molecule has 4 N–H and O–H groups in total. The number of pyridine rings is 1. The average Bonchev–Trinajstić information content (AvgIpc) is 3.38. The standard InChI is InChI=1S/C32H31ClN6O/c1-39(2)17-6-5-16-34-23-14-12-22(13-15-23)32(40)38-25-9-7-8-24(18-25)37-31-19-27(29(33)21-36-31)28-20-35-30-11-4-3-10-26(28)30/h3-15,18-21,34-35H,16-17H2,1-2H3,(H,36,37)(H,38,40)/b6-5+. The monoisotopic (exact) mass is 550 g/mol. The molecule has 5 aromatic rings. The van der Waals surface area contributed by atoms with Crippen molar-refractivity contribution in [3.63, 3.8) is 0 Å². The molecule has 3 aromatic carbocycles. The van der Waals surface area contributed by atoms with E-state index in [0.717, 1.165) is 46.5 Å². The third-order valence-electron chi connectivity index (χ3n) is 6.34. The van der Waals surface area contributed by atoms with Crippen molar-refractivity contribution in [1.29, 1.82) is 0 Å². The molecule has 0 saturated carbocycles. The summed E-state index contributed by atoms with van der Waals surface area (Å²) in [4.78, 5) is 22.7. The van der Waals surface area contributed by atoms with E-state index in [0.29, 0.717) is 22.1 Å². The Morgan fingerprint density at radius 1 is 0.925 bits per heavy atom. The van der Waals surface area contributed by atoms with Crippen LogP contribution in [0.15, 0.2) is 103 Å². The largest absolute Gasteiger partial charge is 0.382 e. The van der Waals surface area contributed by atoms with Crippen LogP contribution in [0.4, 0.5) is 22.9 Å². The van der Waals surface area contributed by atoms with Gasteiger partial charge in [0.1, 0.15) is 5.82 Å². The number of benzene rings is 3. The minimum atomic E-state index is -0.180. The zero-order valence-electron chi connectivity index (χ0n) is 22.4. The quantitative estimate of drug-likeness (QED) is 0.136. The molecule has 0 aliphatic heterocycles. The number of para-hydroxylation sites is 1. The van der Waals surface area contributed by atoms with Crippen LogP contribution in [0.2, 0.25) is 5.02 Å². The number of nitrogens with one attached hydrogen (secondary N) is 4. The van der Waals surface area contributed by atoms with Gasteiger partial charge in [0.2, 0.25) is 0 Å². The lowest BCUT2D eigenvalue weighted by Crippen LogP contribution is -2.12. The van der Waals surface area contributed by atoms with Crippen molar-refractivity contribution in [3.8, 4) is 11.1 Å². The molecule has 2 aromatic heterocycles. The van der Waals surface area contributed by atoms with Gasteiger partial charge in [0.05, 0.1) is 5.02 Å². The van der Waals surface area contributed by atoms with Gasteiger partial charge in [-0.15, -0.1) is 0 Å². The van der Waals surface area contributed by atoms with Gasteiger partial charge in [0.25, 0.3) is 5.91 Å². The number of hydrogen-bond donors (Lipinski definition) is 4. The number of H-pyrrole nitrogens is 1. The lowest BCUT2D eigenvalue weighted by atomic mass is 10.1. The van der Waals surface area contributed by atoms with Gasteiger partial charge in [-0.2, -0.15) is 0 Å². The van der Waals surface area contributed by atoms with E-state index >= 15 is 0 Å². The Morgan fingerprint density at radius 3 is 2.55 bits per heavy atom. The highest BCUT2D eigenvalue weighted by atomic mass is 35.5. The highest BCUT2D eigenvalue weighted by Gasteiger charge is 2.12.